The van der Waals surface area contributed by atoms with Gasteiger partial charge in [-0.3, -0.25) is 9.59 Å². The first kappa shape index (κ1) is 27.3. The predicted octanol–water partition coefficient (Wildman–Crippen LogP) is 3.74. The van der Waals surface area contributed by atoms with E-state index in [9.17, 15) is 18.0 Å². The number of anilines is 2. The van der Waals surface area contributed by atoms with Crippen LogP contribution in [-0.4, -0.2) is 74.7 Å². The summed E-state index contributed by atoms with van der Waals surface area (Å²) in [7, 11) is -3.66. The van der Waals surface area contributed by atoms with E-state index in [0.717, 1.165) is 37.2 Å². The summed E-state index contributed by atoms with van der Waals surface area (Å²) in [5.74, 6) is 0.313. The van der Waals surface area contributed by atoms with Gasteiger partial charge in [-0.2, -0.15) is 4.31 Å². The number of piperidine rings is 1. The van der Waals surface area contributed by atoms with Crippen LogP contribution in [0.3, 0.4) is 0 Å². The molecule has 1 saturated carbocycles. The van der Waals surface area contributed by atoms with Crippen LogP contribution >= 0.6 is 0 Å². The van der Waals surface area contributed by atoms with Crippen LogP contribution in [0.4, 0.5) is 11.4 Å². The van der Waals surface area contributed by atoms with Crippen molar-refractivity contribution in [2.75, 3.05) is 49.1 Å². The molecule has 2 saturated heterocycles. The first-order valence-electron chi connectivity index (χ1n) is 14.7. The van der Waals surface area contributed by atoms with Crippen molar-refractivity contribution in [3.05, 3.63) is 53.1 Å². The number of amides is 2. The van der Waals surface area contributed by atoms with Crippen LogP contribution in [0, 0.1) is 25.7 Å². The summed E-state index contributed by atoms with van der Waals surface area (Å²) in [5, 5.41) is 0. The summed E-state index contributed by atoms with van der Waals surface area (Å²) >= 11 is 0. The summed E-state index contributed by atoms with van der Waals surface area (Å²) in [5.41, 5.74) is 5.51. The molecule has 0 radical (unpaired) electrons. The molecule has 1 unspecified atom stereocenters. The highest BCUT2D eigenvalue weighted by Crippen LogP contribution is 2.40. The monoisotopic (exact) mass is 564 g/mol. The molecule has 1 atom stereocenters. The third-order valence-electron chi connectivity index (χ3n) is 9.17. The minimum Gasteiger partial charge on any atom is -0.368 e. The zero-order valence-corrected chi connectivity index (χ0v) is 24.6. The van der Waals surface area contributed by atoms with E-state index >= 15 is 0 Å². The topological polar surface area (TPSA) is 81.2 Å². The average Bonchev–Trinajstić information content (AvgIpc) is 3.75. The highest BCUT2D eigenvalue weighted by Gasteiger charge is 2.40. The van der Waals surface area contributed by atoms with Gasteiger partial charge >= 0.3 is 0 Å². The summed E-state index contributed by atoms with van der Waals surface area (Å²) < 4.78 is 28.6. The third-order valence-corrected chi connectivity index (χ3v) is 11.1. The van der Waals surface area contributed by atoms with E-state index in [1.54, 1.807) is 18.2 Å². The van der Waals surface area contributed by atoms with E-state index in [4.69, 9.17) is 0 Å². The Morgan fingerprint density at radius 3 is 2.12 bits per heavy atom. The van der Waals surface area contributed by atoms with Crippen LogP contribution in [0.1, 0.15) is 49.3 Å². The lowest BCUT2D eigenvalue weighted by Gasteiger charge is -2.39. The van der Waals surface area contributed by atoms with Crippen molar-refractivity contribution in [2.24, 2.45) is 11.8 Å². The molecule has 2 amide bonds. The molecule has 9 heteroatoms. The number of benzene rings is 2. The summed E-state index contributed by atoms with van der Waals surface area (Å²) in [4.78, 5) is 32.6. The number of carbonyl (C=O) groups excluding carboxylic acids is 2. The van der Waals surface area contributed by atoms with E-state index in [1.165, 1.54) is 21.1 Å². The van der Waals surface area contributed by atoms with E-state index in [0.29, 0.717) is 45.4 Å². The first-order valence-corrected chi connectivity index (χ1v) is 16.1. The number of aryl methyl sites for hydroxylation is 2. The Morgan fingerprint density at radius 2 is 1.45 bits per heavy atom. The van der Waals surface area contributed by atoms with Gasteiger partial charge in [0.25, 0.3) is 0 Å². The van der Waals surface area contributed by atoms with Crippen LogP contribution in [-0.2, 0) is 26.0 Å². The lowest BCUT2D eigenvalue weighted by molar-refractivity contribution is -0.137. The van der Waals surface area contributed by atoms with Gasteiger partial charge in [-0.15, -0.1) is 0 Å². The van der Waals surface area contributed by atoms with Crippen LogP contribution in [0.2, 0.25) is 0 Å². The van der Waals surface area contributed by atoms with E-state index < -0.39 is 10.0 Å². The molecule has 1 aliphatic carbocycles. The number of fused-ring (bicyclic) bond motifs is 1. The van der Waals surface area contributed by atoms with Crippen LogP contribution in [0.15, 0.2) is 41.3 Å². The molecule has 3 fully saturated rings. The Balaban J connectivity index is 1.06. The lowest BCUT2D eigenvalue weighted by Crippen LogP contribution is -2.52. The second-order valence-corrected chi connectivity index (χ2v) is 14.0. The van der Waals surface area contributed by atoms with E-state index in [2.05, 4.69) is 36.9 Å². The maximum atomic E-state index is 13.5. The minimum atomic E-state index is -3.66. The largest absolute Gasteiger partial charge is 0.368 e. The molecule has 3 heterocycles. The summed E-state index contributed by atoms with van der Waals surface area (Å²) in [6.07, 6.45) is 3.66. The number of hydrogen-bond donors (Lipinski definition) is 0. The predicted molar refractivity (Wildman–Crippen MR) is 156 cm³/mol. The van der Waals surface area contributed by atoms with Gasteiger partial charge in [0.2, 0.25) is 21.8 Å². The molecule has 2 aromatic rings. The normalized spacial score (nSPS) is 22.5. The highest BCUT2D eigenvalue weighted by atomic mass is 32.2. The second-order valence-electron chi connectivity index (χ2n) is 12.1. The SMILES string of the molecule is Cc1ccc(C)c(N2CCN(C(=O)C3CCN(S(=O)(=O)c4ccc5c(c4)CC(C)N5C(=O)C4CC4)CC3)CC2)c1. The zero-order chi connectivity index (χ0) is 28.2. The van der Waals surface area contributed by atoms with Crippen molar-refractivity contribution in [2.45, 2.75) is 63.8 Å². The molecule has 0 bridgehead atoms. The average molecular weight is 565 g/mol. The van der Waals surface area contributed by atoms with Crippen molar-refractivity contribution in [1.82, 2.24) is 9.21 Å². The molecule has 0 N–H and O–H groups in total. The molecule has 2 aromatic carbocycles. The highest BCUT2D eigenvalue weighted by molar-refractivity contribution is 7.89. The molecule has 40 heavy (non-hydrogen) atoms. The van der Waals surface area contributed by atoms with E-state index in [-0.39, 0.29) is 34.6 Å². The van der Waals surface area contributed by atoms with Gasteiger partial charge in [-0.05, 0) is 93.8 Å². The Morgan fingerprint density at radius 1 is 0.775 bits per heavy atom. The number of rotatable bonds is 5. The van der Waals surface area contributed by atoms with Gasteiger partial charge in [-0.25, -0.2) is 8.42 Å². The molecule has 8 nitrogen and oxygen atoms in total. The number of piperazine rings is 1. The number of hydrogen-bond acceptors (Lipinski definition) is 5. The molecule has 4 aliphatic rings. The van der Waals surface area contributed by atoms with Gasteiger partial charge in [0.1, 0.15) is 0 Å². The number of sulfonamides is 1. The summed E-state index contributed by atoms with van der Waals surface area (Å²) in [6.45, 7) is 9.96. The third kappa shape index (κ3) is 5.02. The van der Waals surface area contributed by atoms with Crippen molar-refractivity contribution in [1.29, 1.82) is 0 Å². The Kier molecular flexibility index (Phi) is 7.15. The zero-order valence-electron chi connectivity index (χ0n) is 23.8. The van der Waals surface area contributed by atoms with Crippen molar-refractivity contribution >= 4 is 33.2 Å². The summed E-state index contributed by atoms with van der Waals surface area (Å²) in [6, 6.07) is 11.7. The van der Waals surface area contributed by atoms with E-state index in [1.807, 2.05) is 16.7 Å². The number of carbonyl (C=O) groups is 2. The quantitative estimate of drug-likeness (QED) is 0.553. The van der Waals surface area contributed by atoms with Crippen molar-refractivity contribution in [3.63, 3.8) is 0 Å². The Bertz CT molecular complexity index is 1420. The van der Waals surface area contributed by atoms with Crippen molar-refractivity contribution in [3.8, 4) is 0 Å². The van der Waals surface area contributed by atoms with Crippen LogP contribution < -0.4 is 9.80 Å². The van der Waals surface area contributed by atoms with Gasteiger partial charge in [-0.1, -0.05) is 12.1 Å². The first-order chi connectivity index (χ1) is 19.1. The maximum absolute atomic E-state index is 13.5. The molecule has 3 aliphatic heterocycles. The molecule has 6 rings (SSSR count). The molecule has 0 aromatic heterocycles. The molecular weight excluding hydrogens is 524 g/mol. The van der Waals surface area contributed by atoms with Crippen LogP contribution in [0.5, 0.6) is 0 Å². The minimum absolute atomic E-state index is 0.0468. The van der Waals surface area contributed by atoms with Crippen LogP contribution in [0.25, 0.3) is 0 Å². The fourth-order valence-corrected chi connectivity index (χ4v) is 8.13. The Hall–Kier alpha value is -2.91. The lowest BCUT2D eigenvalue weighted by atomic mass is 9.96. The Labute approximate surface area is 238 Å². The smallest absolute Gasteiger partial charge is 0.243 e. The fourth-order valence-electron chi connectivity index (χ4n) is 6.61. The standard InChI is InChI=1S/C31H40N4O4S/c1-21-4-5-22(2)29(18-21)32-14-16-33(17-15-32)30(36)25-10-12-34(13-11-25)40(38,39)27-8-9-28-26(20-27)19-23(3)35(28)31(37)24-6-7-24/h4-5,8-9,18,20,23-25H,6-7,10-17,19H2,1-3H3. The van der Waals surface area contributed by atoms with Gasteiger partial charge in [0.15, 0.2) is 0 Å². The maximum Gasteiger partial charge on any atom is 0.243 e. The molecular formula is C31H40N4O4S. The van der Waals surface area contributed by atoms with Gasteiger partial charge in [0, 0.05) is 68.5 Å². The molecule has 0 spiro atoms. The second kappa shape index (κ2) is 10.5. The molecule has 214 valence electrons. The fraction of sp³-hybridized carbons (Fsp3) is 0.548. The van der Waals surface area contributed by atoms with Gasteiger partial charge in [0.05, 0.1) is 4.90 Å². The number of nitrogens with zero attached hydrogens (tertiary/aromatic N) is 4. The van der Waals surface area contributed by atoms with Gasteiger partial charge < -0.3 is 14.7 Å². The van der Waals surface area contributed by atoms with Crippen molar-refractivity contribution < 1.29 is 18.0 Å².